The van der Waals surface area contributed by atoms with Gasteiger partial charge in [-0.2, -0.15) is 0 Å². The molecule has 2 aliphatic rings. The van der Waals surface area contributed by atoms with E-state index in [1.54, 1.807) is 12.1 Å². The van der Waals surface area contributed by atoms with Crippen LogP contribution in [0.15, 0.2) is 24.3 Å². The van der Waals surface area contributed by atoms with Crippen LogP contribution in [0.25, 0.3) is 0 Å². The quantitative estimate of drug-likeness (QED) is 0.596. The Labute approximate surface area is 163 Å². The zero-order valence-corrected chi connectivity index (χ0v) is 16.1. The Hall–Kier alpha value is -2.90. The summed E-state index contributed by atoms with van der Waals surface area (Å²) >= 11 is 0. The van der Waals surface area contributed by atoms with Crippen LogP contribution in [-0.2, 0) is 14.3 Å². The minimum atomic E-state index is -0.856. The topological polar surface area (TPSA) is 105 Å². The zero-order valence-electron chi connectivity index (χ0n) is 16.1. The number of carbonyl (C=O) groups excluding carboxylic acids is 4. The molecule has 2 N–H and O–H groups in total. The van der Waals surface area contributed by atoms with E-state index in [4.69, 9.17) is 0 Å². The highest BCUT2D eigenvalue weighted by atomic mass is 16.5. The smallest absolute Gasteiger partial charge is 0.337 e. The van der Waals surface area contributed by atoms with Gasteiger partial charge in [-0.05, 0) is 55.9 Å². The predicted molar refractivity (Wildman–Crippen MR) is 102 cm³/mol. The van der Waals surface area contributed by atoms with E-state index in [1.165, 1.54) is 19.2 Å². The number of hydrogen-bond donors (Lipinski definition) is 2. The lowest BCUT2D eigenvalue weighted by Gasteiger charge is -2.34. The fraction of sp³-hybridized carbons (Fsp3) is 0.500. The monoisotopic (exact) mass is 387 g/mol. The maximum Gasteiger partial charge on any atom is 0.337 e. The Kier molecular flexibility index (Phi) is 5.67. The first-order chi connectivity index (χ1) is 13.4. The van der Waals surface area contributed by atoms with Gasteiger partial charge in [0, 0.05) is 5.69 Å². The van der Waals surface area contributed by atoms with Crippen LogP contribution in [0.4, 0.5) is 10.5 Å². The fourth-order valence-electron chi connectivity index (χ4n) is 3.89. The first kappa shape index (κ1) is 19.9. The lowest BCUT2D eigenvalue weighted by molar-refractivity contribution is -0.135. The van der Waals surface area contributed by atoms with Crippen LogP contribution in [0, 0.1) is 5.92 Å². The third-order valence-electron chi connectivity index (χ3n) is 5.67. The van der Waals surface area contributed by atoms with E-state index in [2.05, 4.69) is 22.3 Å². The molecule has 4 amide bonds. The van der Waals surface area contributed by atoms with Gasteiger partial charge in [0.1, 0.15) is 12.1 Å². The largest absolute Gasteiger partial charge is 0.465 e. The summed E-state index contributed by atoms with van der Waals surface area (Å²) in [6.45, 7) is 1.79. The second-order valence-electron chi connectivity index (χ2n) is 7.37. The highest BCUT2D eigenvalue weighted by molar-refractivity contribution is 6.10. The second-order valence-corrected chi connectivity index (χ2v) is 7.37. The van der Waals surface area contributed by atoms with E-state index in [9.17, 15) is 19.2 Å². The van der Waals surface area contributed by atoms with Gasteiger partial charge in [0.25, 0.3) is 5.91 Å². The van der Waals surface area contributed by atoms with E-state index in [1.807, 2.05) is 0 Å². The van der Waals surface area contributed by atoms with Crippen LogP contribution in [0.2, 0.25) is 0 Å². The Morgan fingerprint density at radius 3 is 2.43 bits per heavy atom. The molecule has 0 aromatic heterocycles. The third-order valence-corrected chi connectivity index (χ3v) is 5.67. The van der Waals surface area contributed by atoms with E-state index < -0.39 is 23.4 Å². The molecule has 1 saturated carbocycles. The first-order valence-corrected chi connectivity index (χ1v) is 9.51. The summed E-state index contributed by atoms with van der Waals surface area (Å²) in [6, 6.07) is 5.65. The van der Waals surface area contributed by atoms with Gasteiger partial charge >= 0.3 is 12.0 Å². The minimum absolute atomic E-state index is 0.316. The molecule has 3 rings (SSSR count). The molecular formula is C20H25N3O5. The van der Waals surface area contributed by atoms with Gasteiger partial charge in [-0.1, -0.05) is 13.3 Å². The fourth-order valence-corrected chi connectivity index (χ4v) is 3.89. The lowest BCUT2D eigenvalue weighted by Crippen LogP contribution is -2.49. The number of nitrogens with one attached hydrogen (secondary N) is 2. The van der Waals surface area contributed by atoms with Crippen LogP contribution in [-0.4, -0.2) is 47.9 Å². The summed E-state index contributed by atoms with van der Waals surface area (Å²) in [5.74, 6) is -0.683. The molecule has 8 nitrogen and oxygen atoms in total. The molecule has 1 aliphatic carbocycles. The van der Waals surface area contributed by atoms with Crippen molar-refractivity contribution in [1.82, 2.24) is 10.2 Å². The normalized spacial score (nSPS) is 24.2. The Morgan fingerprint density at radius 1 is 1.21 bits per heavy atom. The number of hydrogen-bond acceptors (Lipinski definition) is 5. The van der Waals surface area contributed by atoms with Crippen molar-refractivity contribution in [1.29, 1.82) is 0 Å². The predicted octanol–water partition coefficient (Wildman–Crippen LogP) is 2.30. The molecule has 1 aromatic rings. The first-order valence-electron chi connectivity index (χ1n) is 9.51. The molecule has 2 fully saturated rings. The van der Waals surface area contributed by atoms with Crippen molar-refractivity contribution < 1.29 is 23.9 Å². The number of imide groups is 1. The molecule has 0 atom stereocenters. The number of methoxy groups -OCH3 is 1. The number of amides is 4. The summed E-state index contributed by atoms with van der Waals surface area (Å²) in [5, 5.41) is 5.45. The van der Waals surface area contributed by atoms with Crippen LogP contribution in [0.5, 0.6) is 0 Å². The number of benzene rings is 1. The second kappa shape index (κ2) is 8.00. The summed E-state index contributed by atoms with van der Waals surface area (Å²) in [7, 11) is 1.29. The summed E-state index contributed by atoms with van der Waals surface area (Å²) in [5.41, 5.74) is -0.0346. The Balaban J connectivity index is 1.60. The maximum absolute atomic E-state index is 12.8. The molecule has 1 aromatic carbocycles. The highest BCUT2D eigenvalue weighted by Gasteiger charge is 2.52. The SMILES string of the molecule is CCC1CCC2(CC1)NC(=O)N(CC(=O)Nc1ccc(C(=O)OC)cc1)C2=O. The van der Waals surface area contributed by atoms with Crippen LogP contribution >= 0.6 is 0 Å². The minimum Gasteiger partial charge on any atom is -0.465 e. The van der Waals surface area contributed by atoms with Gasteiger partial charge in [-0.25, -0.2) is 9.59 Å². The van der Waals surface area contributed by atoms with Gasteiger partial charge in [0.15, 0.2) is 0 Å². The molecule has 1 aliphatic heterocycles. The van der Waals surface area contributed by atoms with Gasteiger partial charge < -0.3 is 15.4 Å². The number of urea groups is 1. The van der Waals surface area contributed by atoms with Gasteiger partial charge in [0.2, 0.25) is 5.91 Å². The zero-order chi connectivity index (χ0) is 20.3. The molecule has 8 heteroatoms. The third kappa shape index (κ3) is 3.85. The molecule has 1 heterocycles. The number of anilines is 1. The van der Waals surface area contributed by atoms with Gasteiger partial charge in [-0.15, -0.1) is 0 Å². The molecule has 0 radical (unpaired) electrons. The van der Waals surface area contributed by atoms with Crippen molar-refractivity contribution in [3.05, 3.63) is 29.8 Å². The maximum atomic E-state index is 12.8. The summed E-state index contributed by atoms with van der Waals surface area (Å²) < 4.78 is 4.62. The van der Waals surface area contributed by atoms with Crippen LogP contribution in [0.1, 0.15) is 49.4 Å². The van der Waals surface area contributed by atoms with Crippen molar-refractivity contribution in [2.75, 3.05) is 19.0 Å². The number of ether oxygens (including phenoxy) is 1. The van der Waals surface area contributed by atoms with Crippen molar-refractivity contribution in [2.24, 2.45) is 5.92 Å². The molecule has 0 unspecified atom stereocenters. The number of nitrogens with zero attached hydrogens (tertiary/aromatic N) is 1. The van der Waals surface area contributed by atoms with E-state index in [0.717, 1.165) is 24.2 Å². The molecule has 1 saturated heterocycles. The van der Waals surface area contributed by atoms with Crippen molar-refractivity contribution in [2.45, 2.75) is 44.6 Å². The summed E-state index contributed by atoms with van der Waals surface area (Å²) in [6.07, 6.45) is 4.09. The van der Waals surface area contributed by atoms with Gasteiger partial charge in [-0.3, -0.25) is 14.5 Å². The van der Waals surface area contributed by atoms with E-state index in [-0.39, 0.29) is 12.5 Å². The summed E-state index contributed by atoms with van der Waals surface area (Å²) in [4.78, 5) is 49.9. The molecule has 28 heavy (non-hydrogen) atoms. The van der Waals surface area contributed by atoms with Crippen LogP contribution < -0.4 is 10.6 Å². The molecule has 0 bridgehead atoms. The van der Waals surface area contributed by atoms with Crippen molar-refractivity contribution in [3.8, 4) is 0 Å². The standard InChI is InChI=1S/C20H25N3O5/c1-3-13-8-10-20(11-9-13)18(26)23(19(27)22-20)12-16(24)21-15-6-4-14(5-7-15)17(25)28-2/h4-7,13H,3,8-12H2,1-2H3,(H,21,24)(H,22,27). The average Bonchev–Trinajstić information content (AvgIpc) is 2.92. The lowest BCUT2D eigenvalue weighted by atomic mass is 9.75. The Morgan fingerprint density at radius 2 is 1.86 bits per heavy atom. The Bertz CT molecular complexity index is 782. The average molecular weight is 387 g/mol. The number of rotatable bonds is 5. The molecule has 1 spiro atoms. The number of carbonyl (C=O) groups is 4. The number of esters is 1. The van der Waals surface area contributed by atoms with Crippen molar-refractivity contribution >= 4 is 29.5 Å². The highest BCUT2D eigenvalue weighted by Crippen LogP contribution is 2.37. The van der Waals surface area contributed by atoms with Gasteiger partial charge in [0.05, 0.1) is 12.7 Å². The molecular weight excluding hydrogens is 362 g/mol. The molecule has 150 valence electrons. The van der Waals surface area contributed by atoms with E-state index >= 15 is 0 Å². The van der Waals surface area contributed by atoms with Crippen LogP contribution in [0.3, 0.4) is 0 Å². The van der Waals surface area contributed by atoms with Crippen molar-refractivity contribution in [3.63, 3.8) is 0 Å². The van der Waals surface area contributed by atoms with E-state index in [0.29, 0.717) is 30.0 Å².